The lowest BCUT2D eigenvalue weighted by Gasteiger charge is -2.11. The molecule has 1 saturated carbocycles. The van der Waals surface area contributed by atoms with E-state index in [0.717, 1.165) is 12.8 Å². The van der Waals surface area contributed by atoms with Crippen molar-refractivity contribution in [1.82, 2.24) is 14.1 Å². The van der Waals surface area contributed by atoms with Crippen LogP contribution in [0.3, 0.4) is 0 Å². The van der Waals surface area contributed by atoms with Gasteiger partial charge in [0.1, 0.15) is 5.65 Å². The average molecular weight is 295 g/mol. The Balaban J connectivity index is 2.03. The quantitative estimate of drug-likeness (QED) is 0.556. The van der Waals surface area contributed by atoms with Crippen LogP contribution < -0.4 is 16.0 Å². The largest absolute Gasteiger partial charge is 0.306 e. The second-order valence-electron chi connectivity index (χ2n) is 5.47. The molecule has 108 valence electrons. The number of nitrogens with two attached hydrogens (primary N) is 1. The third-order valence-electron chi connectivity index (χ3n) is 3.67. The number of hydrogen-bond donors (Lipinski definition) is 3. The highest BCUT2D eigenvalue weighted by atomic mass is 32.2. The molecule has 4 N–H and O–H groups in total. The molecule has 0 atom stereocenters. The predicted molar refractivity (Wildman–Crippen MR) is 75.5 cm³/mol. The van der Waals surface area contributed by atoms with E-state index in [9.17, 15) is 8.42 Å². The fourth-order valence-corrected chi connectivity index (χ4v) is 3.50. The smallest absolute Gasteiger partial charge is 0.260 e. The molecule has 1 fully saturated rings. The van der Waals surface area contributed by atoms with Gasteiger partial charge in [-0.15, -0.1) is 0 Å². The van der Waals surface area contributed by atoms with E-state index in [1.807, 2.05) is 0 Å². The summed E-state index contributed by atoms with van der Waals surface area (Å²) in [6.45, 7) is 2.49. The molecule has 0 aromatic carbocycles. The number of nitrogen functional groups attached to an aromatic ring is 1. The third kappa shape index (κ3) is 2.26. The van der Waals surface area contributed by atoms with Crippen molar-refractivity contribution in [2.24, 2.45) is 11.3 Å². The molecule has 8 heteroatoms. The molecule has 7 nitrogen and oxygen atoms in total. The van der Waals surface area contributed by atoms with Gasteiger partial charge >= 0.3 is 0 Å². The lowest BCUT2D eigenvalue weighted by molar-refractivity contribution is 0.528. The number of aromatic nitrogens is 2. The minimum absolute atomic E-state index is 0.0415. The van der Waals surface area contributed by atoms with Crippen molar-refractivity contribution in [2.45, 2.75) is 24.8 Å². The van der Waals surface area contributed by atoms with E-state index in [1.54, 1.807) is 24.4 Å². The van der Waals surface area contributed by atoms with Gasteiger partial charge in [-0.05, 0) is 30.4 Å². The molecule has 2 aromatic rings. The first kappa shape index (κ1) is 13.3. The fourth-order valence-electron chi connectivity index (χ4n) is 2.05. The normalized spacial score (nSPS) is 17.3. The van der Waals surface area contributed by atoms with Gasteiger partial charge in [0.2, 0.25) is 0 Å². The van der Waals surface area contributed by atoms with Gasteiger partial charge in [-0.1, -0.05) is 13.0 Å². The maximum absolute atomic E-state index is 12.5. The van der Waals surface area contributed by atoms with Crippen LogP contribution in [0.1, 0.15) is 19.8 Å². The first-order chi connectivity index (χ1) is 9.45. The summed E-state index contributed by atoms with van der Waals surface area (Å²) in [6, 6.07) is 5.26. The number of hydrogen-bond acceptors (Lipinski definition) is 5. The van der Waals surface area contributed by atoms with E-state index in [2.05, 4.69) is 22.1 Å². The lowest BCUT2D eigenvalue weighted by Crippen LogP contribution is -2.30. The maximum atomic E-state index is 12.5. The summed E-state index contributed by atoms with van der Waals surface area (Å²) in [4.78, 5) is 4.17. The third-order valence-corrected chi connectivity index (χ3v) is 5.09. The van der Waals surface area contributed by atoms with Crippen molar-refractivity contribution >= 4 is 21.5 Å². The first-order valence-electron chi connectivity index (χ1n) is 6.39. The summed E-state index contributed by atoms with van der Waals surface area (Å²) in [7, 11) is -3.67. The van der Waals surface area contributed by atoms with Crippen LogP contribution >= 0.6 is 0 Å². The number of sulfonamides is 1. The first-order valence-corrected chi connectivity index (χ1v) is 7.87. The SMILES string of the molecule is CC1(CNS(=O)(=O)c2c(NN)nc3ccccn23)CC1. The zero-order chi connectivity index (χ0) is 14.4. The molecule has 1 aliphatic carbocycles. The molecule has 0 unspecified atom stereocenters. The van der Waals surface area contributed by atoms with Crippen LogP contribution in [0, 0.1) is 5.41 Å². The molecule has 3 rings (SSSR count). The summed E-state index contributed by atoms with van der Waals surface area (Å²) >= 11 is 0. The molecular formula is C12H17N5O2S. The number of anilines is 1. The van der Waals surface area contributed by atoms with Crippen molar-refractivity contribution in [3.05, 3.63) is 24.4 Å². The fraction of sp³-hybridized carbons (Fsp3) is 0.417. The second-order valence-corrected chi connectivity index (χ2v) is 7.16. The van der Waals surface area contributed by atoms with E-state index in [4.69, 9.17) is 5.84 Å². The van der Waals surface area contributed by atoms with E-state index < -0.39 is 10.0 Å². The van der Waals surface area contributed by atoms with Crippen molar-refractivity contribution in [2.75, 3.05) is 12.0 Å². The predicted octanol–water partition coefficient (Wildman–Crippen LogP) is 0.698. The van der Waals surface area contributed by atoms with Gasteiger partial charge in [0, 0.05) is 12.7 Å². The van der Waals surface area contributed by atoms with Crippen LogP contribution in [-0.2, 0) is 10.0 Å². The number of nitrogens with one attached hydrogen (secondary N) is 2. The molecule has 0 amide bonds. The number of fused-ring (bicyclic) bond motifs is 1. The van der Waals surface area contributed by atoms with Crippen molar-refractivity contribution in [3.8, 4) is 0 Å². The van der Waals surface area contributed by atoms with Crippen LogP contribution in [0.5, 0.6) is 0 Å². The van der Waals surface area contributed by atoms with E-state index >= 15 is 0 Å². The highest BCUT2D eigenvalue weighted by molar-refractivity contribution is 7.89. The molecular weight excluding hydrogens is 278 g/mol. The van der Waals surface area contributed by atoms with Gasteiger partial charge in [0.05, 0.1) is 0 Å². The molecule has 0 radical (unpaired) electrons. The van der Waals surface area contributed by atoms with Gasteiger partial charge in [0.25, 0.3) is 10.0 Å². The van der Waals surface area contributed by atoms with Gasteiger partial charge < -0.3 is 5.43 Å². The summed E-state index contributed by atoms with van der Waals surface area (Å²) in [5, 5.41) is 0.0415. The Kier molecular flexibility index (Phi) is 2.96. The van der Waals surface area contributed by atoms with Crippen LogP contribution in [0.2, 0.25) is 0 Å². The van der Waals surface area contributed by atoms with E-state index in [0.29, 0.717) is 12.2 Å². The van der Waals surface area contributed by atoms with Gasteiger partial charge in [-0.2, -0.15) is 0 Å². The van der Waals surface area contributed by atoms with Gasteiger partial charge in [-0.3, -0.25) is 4.40 Å². The number of nitrogens with zero attached hydrogens (tertiary/aromatic N) is 2. The zero-order valence-electron chi connectivity index (χ0n) is 11.1. The topological polar surface area (TPSA) is 102 Å². The van der Waals surface area contributed by atoms with E-state index in [-0.39, 0.29) is 16.3 Å². The minimum Gasteiger partial charge on any atom is -0.306 e. The van der Waals surface area contributed by atoms with Crippen molar-refractivity contribution in [3.63, 3.8) is 0 Å². The summed E-state index contributed by atoms with van der Waals surface area (Å²) < 4.78 is 29.1. The Bertz CT molecular complexity index is 748. The van der Waals surface area contributed by atoms with Crippen molar-refractivity contribution < 1.29 is 8.42 Å². The Morgan fingerprint density at radius 3 is 2.85 bits per heavy atom. The van der Waals surface area contributed by atoms with Crippen LogP contribution in [-0.4, -0.2) is 24.3 Å². The summed E-state index contributed by atoms with van der Waals surface area (Å²) in [5.74, 6) is 5.53. The number of rotatable bonds is 5. The van der Waals surface area contributed by atoms with Gasteiger partial charge in [0.15, 0.2) is 10.8 Å². The van der Waals surface area contributed by atoms with Crippen LogP contribution in [0.4, 0.5) is 5.82 Å². The molecule has 2 heterocycles. The molecule has 1 aliphatic rings. The van der Waals surface area contributed by atoms with Crippen LogP contribution in [0.25, 0.3) is 5.65 Å². The summed E-state index contributed by atoms with van der Waals surface area (Å²) in [6.07, 6.45) is 3.74. The Hall–Kier alpha value is -1.64. The zero-order valence-corrected chi connectivity index (χ0v) is 11.9. The average Bonchev–Trinajstić information content (AvgIpc) is 3.03. The molecule has 2 aromatic heterocycles. The van der Waals surface area contributed by atoms with Gasteiger partial charge in [-0.25, -0.2) is 24.0 Å². The molecule has 0 spiro atoms. The molecule has 0 aliphatic heterocycles. The Morgan fingerprint density at radius 1 is 1.45 bits per heavy atom. The number of hydrazine groups is 1. The highest BCUT2D eigenvalue weighted by Gasteiger charge is 2.38. The molecule has 20 heavy (non-hydrogen) atoms. The standard InChI is InChI=1S/C12H17N5O2S/c1-12(5-6-12)8-14-20(18,19)11-10(16-13)15-9-4-2-3-7-17(9)11/h2-4,7,14,16H,5-6,8,13H2,1H3. The maximum Gasteiger partial charge on any atom is 0.260 e. The second kappa shape index (κ2) is 4.44. The van der Waals surface area contributed by atoms with Crippen LogP contribution in [0.15, 0.2) is 29.4 Å². The summed E-state index contributed by atoms with van der Waals surface area (Å²) in [5.41, 5.74) is 2.97. The minimum atomic E-state index is -3.67. The molecule has 0 bridgehead atoms. The van der Waals surface area contributed by atoms with Crippen molar-refractivity contribution in [1.29, 1.82) is 0 Å². The highest BCUT2D eigenvalue weighted by Crippen LogP contribution is 2.44. The monoisotopic (exact) mass is 295 g/mol. The Morgan fingerprint density at radius 2 is 2.20 bits per heavy atom. The number of pyridine rings is 1. The number of imidazole rings is 1. The molecule has 0 saturated heterocycles. The van der Waals surface area contributed by atoms with E-state index in [1.165, 1.54) is 4.40 Å². The lowest BCUT2D eigenvalue weighted by atomic mass is 10.2. The Labute approximate surface area is 117 Å².